The van der Waals surface area contributed by atoms with Gasteiger partial charge < -0.3 is 9.47 Å². The molecule has 3 rings (SSSR count). The minimum Gasteiger partial charge on any atom is -0.493 e. The molecule has 1 N–H and O–H groups in total. The summed E-state index contributed by atoms with van der Waals surface area (Å²) in [6.45, 7) is 3.30. The van der Waals surface area contributed by atoms with E-state index in [4.69, 9.17) is 21.1 Å². The van der Waals surface area contributed by atoms with Gasteiger partial charge in [0.2, 0.25) is 0 Å². The van der Waals surface area contributed by atoms with Gasteiger partial charge in [-0.15, -0.1) is 0 Å². The smallest absolute Gasteiger partial charge is 0.271 e. The fraction of sp³-hybridized carbons (Fsp3) is 0.286. The SMILES string of the molecule is CCCCCCCOc1ccccc1/C=N/NC(=O)c1ccc(OCc2ccc(Cl)cc2)cc1. The molecule has 0 radical (unpaired) electrons. The Balaban J connectivity index is 1.46. The van der Waals surface area contributed by atoms with Crippen LogP contribution in [0.5, 0.6) is 11.5 Å². The highest BCUT2D eigenvalue weighted by Gasteiger charge is 2.06. The number of nitrogens with one attached hydrogen (secondary N) is 1. The van der Waals surface area contributed by atoms with E-state index in [0.29, 0.717) is 29.5 Å². The van der Waals surface area contributed by atoms with Crippen molar-refractivity contribution in [3.05, 3.63) is 94.5 Å². The molecule has 178 valence electrons. The van der Waals surface area contributed by atoms with Crippen molar-refractivity contribution in [1.82, 2.24) is 5.43 Å². The largest absolute Gasteiger partial charge is 0.493 e. The number of halogens is 1. The maximum atomic E-state index is 12.4. The van der Waals surface area contributed by atoms with E-state index in [1.54, 1.807) is 30.5 Å². The van der Waals surface area contributed by atoms with E-state index < -0.39 is 0 Å². The monoisotopic (exact) mass is 478 g/mol. The number of hydrogen-bond acceptors (Lipinski definition) is 4. The van der Waals surface area contributed by atoms with Gasteiger partial charge in [0.25, 0.3) is 5.91 Å². The summed E-state index contributed by atoms with van der Waals surface area (Å²) in [6, 6.07) is 22.1. The summed E-state index contributed by atoms with van der Waals surface area (Å²) in [5, 5.41) is 4.80. The first kappa shape index (κ1) is 25.3. The van der Waals surface area contributed by atoms with Crippen molar-refractivity contribution >= 4 is 23.7 Å². The molecule has 0 heterocycles. The second-order valence-corrected chi connectivity index (χ2v) is 8.38. The normalized spacial score (nSPS) is 10.9. The van der Waals surface area contributed by atoms with E-state index >= 15 is 0 Å². The van der Waals surface area contributed by atoms with Crippen LogP contribution in [0.15, 0.2) is 77.9 Å². The van der Waals surface area contributed by atoms with Crippen LogP contribution >= 0.6 is 11.6 Å². The first-order valence-electron chi connectivity index (χ1n) is 11.7. The van der Waals surface area contributed by atoms with E-state index in [1.807, 2.05) is 48.5 Å². The van der Waals surface area contributed by atoms with Crippen LogP contribution < -0.4 is 14.9 Å². The molecule has 0 aliphatic rings. The molecule has 6 heteroatoms. The summed E-state index contributed by atoms with van der Waals surface area (Å²) in [5.74, 6) is 1.14. The van der Waals surface area contributed by atoms with Gasteiger partial charge in [-0.05, 0) is 60.5 Å². The predicted molar refractivity (Wildman–Crippen MR) is 138 cm³/mol. The van der Waals surface area contributed by atoms with Gasteiger partial charge in [0.1, 0.15) is 18.1 Å². The Bertz CT molecular complexity index is 1050. The van der Waals surface area contributed by atoms with Crippen LogP contribution in [0.1, 0.15) is 60.5 Å². The third-order valence-electron chi connectivity index (χ3n) is 5.23. The van der Waals surface area contributed by atoms with Crippen LogP contribution in [0.3, 0.4) is 0 Å². The predicted octanol–water partition coefficient (Wildman–Crippen LogP) is 7.03. The average Bonchev–Trinajstić information content (AvgIpc) is 2.87. The van der Waals surface area contributed by atoms with Crippen molar-refractivity contribution in [3.63, 3.8) is 0 Å². The van der Waals surface area contributed by atoms with Crippen LogP contribution in [0, 0.1) is 0 Å². The first-order valence-corrected chi connectivity index (χ1v) is 12.1. The quantitative estimate of drug-likeness (QED) is 0.163. The van der Waals surface area contributed by atoms with Gasteiger partial charge in [0, 0.05) is 16.1 Å². The number of amides is 1. The molecule has 0 bridgehead atoms. The molecule has 0 saturated carbocycles. The average molecular weight is 479 g/mol. The number of para-hydroxylation sites is 1. The van der Waals surface area contributed by atoms with Gasteiger partial charge in [0.15, 0.2) is 0 Å². The molecule has 0 aliphatic carbocycles. The lowest BCUT2D eigenvalue weighted by molar-refractivity contribution is 0.0955. The highest BCUT2D eigenvalue weighted by Crippen LogP contribution is 2.18. The van der Waals surface area contributed by atoms with E-state index in [2.05, 4.69) is 17.5 Å². The summed E-state index contributed by atoms with van der Waals surface area (Å²) < 4.78 is 11.7. The molecule has 1 amide bonds. The van der Waals surface area contributed by atoms with Gasteiger partial charge in [-0.2, -0.15) is 5.10 Å². The highest BCUT2D eigenvalue weighted by molar-refractivity contribution is 6.30. The van der Waals surface area contributed by atoms with Crippen molar-refractivity contribution in [3.8, 4) is 11.5 Å². The third-order valence-corrected chi connectivity index (χ3v) is 5.48. The van der Waals surface area contributed by atoms with Gasteiger partial charge in [-0.1, -0.05) is 68.5 Å². The number of carbonyl (C=O) groups is 1. The van der Waals surface area contributed by atoms with Gasteiger partial charge in [0.05, 0.1) is 12.8 Å². The lowest BCUT2D eigenvalue weighted by Gasteiger charge is -2.09. The van der Waals surface area contributed by atoms with Crippen molar-refractivity contribution in [2.75, 3.05) is 6.61 Å². The maximum absolute atomic E-state index is 12.4. The Morgan fingerprint density at radius 3 is 2.41 bits per heavy atom. The van der Waals surface area contributed by atoms with Gasteiger partial charge in [-0.3, -0.25) is 4.79 Å². The zero-order chi connectivity index (χ0) is 24.0. The Hall–Kier alpha value is -3.31. The molecule has 3 aromatic carbocycles. The van der Waals surface area contributed by atoms with Gasteiger partial charge >= 0.3 is 0 Å². The number of ether oxygens (including phenoxy) is 2. The fourth-order valence-electron chi connectivity index (χ4n) is 3.28. The number of hydrazone groups is 1. The second kappa shape index (κ2) is 14.1. The van der Waals surface area contributed by atoms with Crippen molar-refractivity contribution in [2.24, 2.45) is 5.10 Å². The number of benzene rings is 3. The molecule has 5 nitrogen and oxygen atoms in total. The van der Waals surface area contributed by atoms with Crippen LogP contribution in [0.25, 0.3) is 0 Å². The molecule has 0 fully saturated rings. The summed E-state index contributed by atoms with van der Waals surface area (Å²) >= 11 is 5.90. The van der Waals surface area contributed by atoms with Gasteiger partial charge in [-0.25, -0.2) is 5.43 Å². The molecule has 34 heavy (non-hydrogen) atoms. The molecular formula is C28H31ClN2O3. The van der Waals surface area contributed by atoms with Crippen LogP contribution in [0.4, 0.5) is 0 Å². The first-order chi connectivity index (χ1) is 16.7. The number of unbranched alkanes of at least 4 members (excludes halogenated alkanes) is 4. The Labute approximate surface area is 206 Å². The summed E-state index contributed by atoms with van der Waals surface area (Å²) in [6.07, 6.45) is 7.54. The van der Waals surface area contributed by atoms with E-state index in [9.17, 15) is 4.79 Å². The van der Waals surface area contributed by atoms with Crippen LogP contribution in [-0.4, -0.2) is 18.7 Å². The zero-order valence-electron chi connectivity index (χ0n) is 19.5. The fourth-order valence-corrected chi connectivity index (χ4v) is 3.41. The molecule has 0 atom stereocenters. The minimum atomic E-state index is -0.296. The van der Waals surface area contributed by atoms with Crippen molar-refractivity contribution in [1.29, 1.82) is 0 Å². The lowest BCUT2D eigenvalue weighted by atomic mass is 10.2. The Morgan fingerprint density at radius 2 is 1.65 bits per heavy atom. The summed E-state index contributed by atoms with van der Waals surface area (Å²) in [7, 11) is 0. The number of nitrogens with zero attached hydrogens (tertiary/aromatic N) is 1. The third kappa shape index (κ3) is 8.56. The number of carbonyl (C=O) groups excluding carboxylic acids is 1. The van der Waals surface area contributed by atoms with Crippen LogP contribution in [0.2, 0.25) is 5.02 Å². The zero-order valence-corrected chi connectivity index (χ0v) is 20.3. The summed E-state index contributed by atoms with van der Waals surface area (Å²) in [5.41, 5.74) is 4.90. The lowest BCUT2D eigenvalue weighted by Crippen LogP contribution is -2.17. The number of hydrogen-bond donors (Lipinski definition) is 1. The molecule has 0 saturated heterocycles. The Kier molecular flexibility index (Phi) is 10.5. The second-order valence-electron chi connectivity index (χ2n) is 7.94. The molecule has 0 aromatic heterocycles. The van der Waals surface area contributed by atoms with Crippen LogP contribution in [-0.2, 0) is 6.61 Å². The standard InChI is InChI=1S/C28H31ClN2O3/c1-2-3-4-5-8-19-33-27-10-7-6-9-24(27)20-30-31-28(32)23-13-17-26(18-14-23)34-21-22-11-15-25(29)16-12-22/h6-7,9-18,20H,2-5,8,19,21H2,1H3,(H,31,32)/b30-20+. The summed E-state index contributed by atoms with van der Waals surface area (Å²) in [4.78, 5) is 12.4. The minimum absolute atomic E-state index is 0.296. The highest BCUT2D eigenvalue weighted by atomic mass is 35.5. The number of rotatable bonds is 13. The van der Waals surface area contributed by atoms with E-state index in [-0.39, 0.29) is 5.91 Å². The molecule has 0 unspecified atom stereocenters. The Morgan fingerprint density at radius 1 is 0.912 bits per heavy atom. The van der Waals surface area contributed by atoms with Crippen molar-refractivity contribution in [2.45, 2.75) is 45.6 Å². The van der Waals surface area contributed by atoms with E-state index in [1.165, 1.54) is 25.7 Å². The molecule has 3 aromatic rings. The van der Waals surface area contributed by atoms with E-state index in [0.717, 1.165) is 23.3 Å². The maximum Gasteiger partial charge on any atom is 0.271 e. The molecular weight excluding hydrogens is 448 g/mol. The topological polar surface area (TPSA) is 59.9 Å². The van der Waals surface area contributed by atoms with Crippen molar-refractivity contribution < 1.29 is 14.3 Å². The molecule has 0 aliphatic heterocycles. The molecule has 0 spiro atoms.